The molecule has 8 nitrogen and oxygen atoms in total. The van der Waals surface area contributed by atoms with E-state index in [0.29, 0.717) is 22.6 Å². The number of halogens is 2. The lowest BCUT2D eigenvalue weighted by Crippen LogP contribution is -2.34. The normalized spacial score (nSPS) is 13.0. The third-order valence-electron chi connectivity index (χ3n) is 5.03. The van der Waals surface area contributed by atoms with Crippen LogP contribution in [0, 0.1) is 0 Å². The van der Waals surface area contributed by atoms with Crippen LogP contribution >= 0.6 is 23.2 Å². The number of aliphatic hydroxyl groups is 2. The van der Waals surface area contributed by atoms with Crippen LogP contribution in [0.4, 0.5) is 10.5 Å². The lowest BCUT2D eigenvalue weighted by atomic mass is 10.1. The van der Waals surface area contributed by atoms with Crippen molar-refractivity contribution in [2.45, 2.75) is 38.4 Å². The second kappa shape index (κ2) is 10.9. The van der Waals surface area contributed by atoms with E-state index in [1.807, 2.05) is 6.92 Å². The first kappa shape index (κ1) is 24.9. The number of amides is 2. The van der Waals surface area contributed by atoms with E-state index in [0.717, 1.165) is 12.8 Å². The standard InChI is InChI=1S/C23H24Cl2N2O6/c1-2-3-4-18(17(29)11-28)32-13-6-7-14-19(10-13)33-22(20(14)27-23(26)31)21(30)15-9-12(24)5-8-16(15)25/h5-10,17-18,28-29H,2-4,11H2,1H3,(H3,26,27,31). The molecule has 2 aromatic carbocycles. The highest BCUT2D eigenvalue weighted by atomic mass is 35.5. The Hall–Kier alpha value is -2.78. The second-order valence-corrected chi connectivity index (χ2v) is 8.30. The maximum atomic E-state index is 13.2. The highest BCUT2D eigenvalue weighted by Gasteiger charge is 2.26. The molecule has 0 spiro atoms. The number of carbonyl (C=O) groups is 2. The van der Waals surface area contributed by atoms with Crippen molar-refractivity contribution in [2.75, 3.05) is 11.9 Å². The van der Waals surface area contributed by atoms with Crippen LogP contribution in [0.5, 0.6) is 5.75 Å². The van der Waals surface area contributed by atoms with Crippen LogP contribution in [0.3, 0.4) is 0 Å². The Labute approximate surface area is 200 Å². The van der Waals surface area contributed by atoms with Gasteiger partial charge in [-0.25, -0.2) is 4.79 Å². The molecule has 2 unspecified atom stereocenters. The molecule has 3 aromatic rings. The predicted octanol–water partition coefficient (Wildman–Crippen LogP) is 4.75. The highest BCUT2D eigenvalue weighted by molar-refractivity contribution is 6.37. The molecule has 0 saturated heterocycles. The summed E-state index contributed by atoms with van der Waals surface area (Å²) < 4.78 is 11.7. The number of ether oxygens (including phenoxy) is 1. The summed E-state index contributed by atoms with van der Waals surface area (Å²) in [4.78, 5) is 24.8. The molecule has 0 saturated carbocycles. The number of ketones is 1. The van der Waals surface area contributed by atoms with Crippen LogP contribution in [-0.4, -0.2) is 40.8 Å². The van der Waals surface area contributed by atoms with Crippen LogP contribution < -0.4 is 15.8 Å². The van der Waals surface area contributed by atoms with Crippen molar-refractivity contribution < 1.29 is 29.0 Å². The number of urea groups is 1. The van der Waals surface area contributed by atoms with Crippen molar-refractivity contribution in [1.82, 2.24) is 0 Å². The topological polar surface area (TPSA) is 135 Å². The van der Waals surface area contributed by atoms with Gasteiger partial charge in [0, 0.05) is 22.0 Å². The minimum Gasteiger partial charge on any atom is -0.487 e. The molecular weight excluding hydrogens is 471 g/mol. The molecule has 33 heavy (non-hydrogen) atoms. The van der Waals surface area contributed by atoms with E-state index < -0.39 is 30.6 Å². The number of fused-ring (bicyclic) bond motifs is 1. The zero-order valence-electron chi connectivity index (χ0n) is 17.8. The van der Waals surface area contributed by atoms with E-state index in [9.17, 15) is 19.8 Å². The van der Waals surface area contributed by atoms with Crippen LogP contribution in [-0.2, 0) is 0 Å². The first-order chi connectivity index (χ1) is 15.7. The van der Waals surface area contributed by atoms with Crippen molar-refractivity contribution in [3.8, 4) is 5.75 Å². The summed E-state index contributed by atoms with van der Waals surface area (Å²) in [5, 5.41) is 22.7. The average Bonchev–Trinajstić information content (AvgIpc) is 3.14. The first-order valence-corrected chi connectivity index (χ1v) is 11.1. The van der Waals surface area contributed by atoms with Crippen molar-refractivity contribution in [2.24, 2.45) is 5.73 Å². The number of benzene rings is 2. The number of furan rings is 1. The maximum absolute atomic E-state index is 13.2. The van der Waals surface area contributed by atoms with Gasteiger partial charge in [-0.05, 0) is 43.2 Å². The number of nitrogens with two attached hydrogens (primary N) is 1. The largest absolute Gasteiger partial charge is 0.487 e. The van der Waals surface area contributed by atoms with Gasteiger partial charge < -0.3 is 30.4 Å². The third-order valence-corrected chi connectivity index (χ3v) is 5.60. The molecule has 1 aromatic heterocycles. The molecule has 0 aliphatic carbocycles. The molecule has 0 aliphatic heterocycles. The summed E-state index contributed by atoms with van der Waals surface area (Å²) >= 11 is 12.2. The molecule has 176 valence electrons. The van der Waals surface area contributed by atoms with Gasteiger partial charge in [-0.2, -0.15) is 0 Å². The molecule has 5 N–H and O–H groups in total. The molecule has 0 bridgehead atoms. The average molecular weight is 495 g/mol. The van der Waals surface area contributed by atoms with Crippen LogP contribution in [0.15, 0.2) is 40.8 Å². The van der Waals surface area contributed by atoms with Crippen molar-refractivity contribution >= 4 is 51.7 Å². The van der Waals surface area contributed by atoms with Gasteiger partial charge in [-0.1, -0.05) is 36.5 Å². The number of rotatable bonds is 10. The van der Waals surface area contributed by atoms with Crippen LogP contribution in [0.2, 0.25) is 10.0 Å². The monoisotopic (exact) mass is 494 g/mol. The number of hydrogen-bond acceptors (Lipinski definition) is 6. The summed E-state index contributed by atoms with van der Waals surface area (Å²) in [6, 6.07) is 8.27. The molecule has 0 fully saturated rings. The SMILES string of the molecule is CCCCC(Oc1ccc2c(NC(N)=O)c(C(=O)c3cc(Cl)ccc3Cl)oc2c1)C(O)CO. The Morgan fingerprint density at radius 3 is 2.64 bits per heavy atom. The lowest BCUT2D eigenvalue weighted by Gasteiger charge is -2.22. The molecule has 2 amide bonds. The van der Waals surface area contributed by atoms with Crippen molar-refractivity contribution in [1.29, 1.82) is 0 Å². The summed E-state index contributed by atoms with van der Waals surface area (Å²) in [5.41, 5.74) is 5.72. The molecule has 2 atom stereocenters. The minimum atomic E-state index is -1.06. The van der Waals surface area contributed by atoms with E-state index in [-0.39, 0.29) is 27.6 Å². The summed E-state index contributed by atoms with van der Waals surface area (Å²) in [7, 11) is 0. The van der Waals surface area contributed by atoms with Gasteiger partial charge in [0.05, 0.1) is 11.6 Å². The number of nitrogens with one attached hydrogen (secondary N) is 1. The Balaban J connectivity index is 2.03. The molecular formula is C23H24Cl2N2O6. The van der Waals surface area contributed by atoms with E-state index in [1.165, 1.54) is 18.2 Å². The molecule has 1 heterocycles. The second-order valence-electron chi connectivity index (χ2n) is 7.46. The minimum absolute atomic E-state index is 0.0861. The highest BCUT2D eigenvalue weighted by Crippen LogP contribution is 2.36. The zero-order chi connectivity index (χ0) is 24.1. The number of primary amides is 1. The van der Waals surface area contributed by atoms with Gasteiger partial charge in [0.2, 0.25) is 5.78 Å². The first-order valence-electron chi connectivity index (χ1n) is 10.3. The van der Waals surface area contributed by atoms with Gasteiger partial charge in [0.15, 0.2) is 5.76 Å². The number of anilines is 1. The quantitative estimate of drug-likeness (QED) is 0.300. The van der Waals surface area contributed by atoms with Gasteiger partial charge in [-0.3, -0.25) is 4.79 Å². The van der Waals surface area contributed by atoms with Crippen LogP contribution in [0.1, 0.15) is 42.3 Å². The zero-order valence-corrected chi connectivity index (χ0v) is 19.3. The Bertz CT molecular complexity index is 1160. The fourth-order valence-electron chi connectivity index (χ4n) is 3.38. The van der Waals surface area contributed by atoms with Gasteiger partial charge in [-0.15, -0.1) is 0 Å². The smallest absolute Gasteiger partial charge is 0.316 e. The summed E-state index contributed by atoms with van der Waals surface area (Å²) in [6.45, 7) is 1.57. The van der Waals surface area contributed by atoms with Crippen molar-refractivity contribution in [3.05, 3.63) is 57.8 Å². The van der Waals surface area contributed by atoms with Gasteiger partial charge in [0.25, 0.3) is 0 Å². The predicted molar refractivity (Wildman–Crippen MR) is 126 cm³/mol. The number of carbonyl (C=O) groups excluding carboxylic acids is 2. The lowest BCUT2D eigenvalue weighted by molar-refractivity contribution is -0.00512. The number of hydrogen-bond donors (Lipinski definition) is 4. The summed E-state index contributed by atoms with van der Waals surface area (Å²) in [5.74, 6) is -0.417. The number of unbranched alkanes of at least 4 members (excludes halogenated alkanes) is 1. The molecule has 10 heteroatoms. The Morgan fingerprint density at radius 1 is 1.21 bits per heavy atom. The number of aliphatic hydroxyl groups excluding tert-OH is 2. The fraction of sp³-hybridized carbons (Fsp3) is 0.304. The molecule has 0 aliphatic rings. The maximum Gasteiger partial charge on any atom is 0.316 e. The fourth-order valence-corrected chi connectivity index (χ4v) is 3.75. The molecule has 3 rings (SSSR count). The molecule has 0 radical (unpaired) electrons. The van der Waals surface area contributed by atoms with Crippen molar-refractivity contribution in [3.63, 3.8) is 0 Å². The summed E-state index contributed by atoms with van der Waals surface area (Å²) in [6.07, 6.45) is 0.556. The third kappa shape index (κ3) is 5.78. The van der Waals surface area contributed by atoms with Gasteiger partial charge in [0.1, 0.15) is 29.2 Å². The Kier molecular flexibility index (Phi) is 8.20. The van der Waals surface area contributed by atoms with E-state index >= 15 is 0 Å². The van der Waals surface area contributed by atoms with E-state index in [2.05, 4.69) is 5.32 Å². The van der Waals surface area contributed by atoms with E-state index in [1.54, 1.807) is 18.2 Å². The van der Waals surface area contributed by atoms with Gasteiger partial charge >= 0.3 is 6.03 Å². The van der Waals surface area contributed by atoms with Crippen LogP contribution in [0.25, 0.3) is 11.0 Å². The Morgan fingerprint density at radius 2 is 1.97 bits per heavy atom. The van der Waals surface area contributed by atoms with E-state index in [4.69, 9.17) is 38.1 Å².